The van der Waals surface area contributed by atoms with E-state index in [0.29, 0.717) is 5.75 Å². The van der Waals surface area contributed by atoms with Crippen LogP contribution < -0.4 is 5.32 Å². The fraction of sp³-hybridized carbons (Fsp3) is 0.533. The van der Waals surface area contributed by atoms with E-state index in [2.05, 4.69) is 35.2 Å². The lowest BCUT2D eigenvalue weighted by Gasteiger charge is -2.04. The lowest BCUT2D eigenvalue weighted by Crippen LogP contribution is -2.26. The van der Waals surface area contributed by atoms with Gasteiger partial charge in [-0.2, -0.15) is 0 Å². The zero-order valence-corrected chi connectivity index (χ0v) is 14.1. The maximum atomic E-state index is 11.8. The number of aromatic nitrogens is 2. The molecule has 0 spiro atoms. The van der Waals surface area contributed by atoms with Crippen molar-refractivity contribution in [3.8, 4) is 0 Å². The van der Waals surface area contributed by atoms with Crippen LogP contribution in [0.1, 0.15) is 38.0 Å². The molecule has 0 aliphatic rings. The van der Waals surface area contributed by atoms with Crippen LogP contribution in [-0.2, 0) is 11.2 Å². The van der Waals surface area contributed by atoms with Gasteiger partial charge in [-0.25, -0.2) is 9.97 Å². The van der Waals surface area contributed by atoms with Crippen molar-refractivity contribution in [2.75, 3.05) is 12.3 Å². The van der Waals surface area contributed by atoms with Crippen molar-refractivity contribution < 1.29 is 4.79 Å². The minimum absolute atomic E-state index is 0.0776. The number of unbranched alkanes of at least 4 members (excludes halogenated alkanes) is 2. The van der Waals surface area contributed by atoms with Crippen LogP contribution in [0.4, 0.5) is 0 Å². The number of nitrogens with one attached hydrogen (secondary N) is 1. The van der Waals surface area contributed by atoms with Crippen LogP contribution in [-0.4, -0.2) is 28.2 Å². The second-order valence-electron chi connectivity index (χ2n) is 4.81. The highest BCUT2D eigenvalue weighted by Crippen LogP contribution is 2.30. The number of thiophene rings is 1. The van der Waals surface area contributed by atoms with Crippen molar-refractivity contribution in [1.29, 1.82) is 0 Å². The summed E-state index contributed by atoms with van der Waals surface area (Å²) in [5.41, 5.74) is 0. The number of hydrogen-bond donors (Lipinski definition) is 1. The first-order chi connectivity index (χ1) is 10.2. The summed E-state index contributed by atoms with van der Waals surface area (Å²) >= 11 is 3.19. The molecule has 0 saturated carbocycles. The van der Waals surface area contributed by atoms with Gasteiger partial charge in [-0.05, 0) is 18.9 Å². The van der Waals surface area contributed by atoms with E-state index < -0.39 is 0 Å². The predicted molar refractivity (Wildman–Crippen MR) is 90.1 cm³/mol. The van der Waals surface area contributed by atoms with Crippen LogP contribution in [0.3, 0.4) is 0 Å². The average Bonchev–Trinajstić information content (AvgIpc) is 2.93. The molecule has 0 aromatic carbocycles. The highest BCUT2D eigenvalue weighted by molar-refractivity contribution is 8.00. The second-order valence-corrected chi connectivity index (χ2v) is 6.89. The minimum Gasteiger partial charge on any atom is -0.355 e. The van der Waals surface area contributed by atoms with E-state index in [-0.39, 0.29) is 5.91 Å². The third-order valence-electron chi connectivity index (χ3n) is 3.13. The molecule has 0 aliphatic heterocycles. The summed E-state index contributed by atoms with van der Waals surface area (Å²) < 4.78 is 0. The standard InChI is InChI=1S/C15H21N3OS2/c1-3-5-6-7-16-13(19)9-20-14-12-8-11(4-2)21-15(12)18-10-17-14/h8,10H,3-7,9H2,1-2H3,(H,16,19). The molecule has 1 amide bonds. The number of hydrogen-bond acceptors (Lipinski definition) is 5. The molecular weight excluding hydrogens is 302 g/mol. The molecule has 0 fully saturated rings. The second kappa shape index (κ2) is 8.34. The van der Waals surface area contributed by atoms with E-state index in [1.807, 2.05) is 0 Å². The zero-order valence-electron chi connectivity index (χ0n) is 12.5. The van der Waals surface area contributed by atoms with Gasteiger partial charge in [-0.1, -0.05) is 38.5 Å². The molecular formula is C15H21N3OS2. The maximum absolute atomic E-state index is 11.8. The van der Waals surface area contributed by atoms with Crippen molar-refractivity contribution in [2.24, 2.45) is 0 Å². The number of carbonyl (C=O) groups is 1. The highest BCUT2D eigenvalue weighted by Gasteiger charge is 2.10. The summed E-state index contributed by atoms with van der Waals surface area (Å²) in [6.45, 7) is 5.06. The Labute approximate surface area is 133 Å². The molecule has 2 rings (SSSR count). The monoisotopic (exact) mass is 323 g/mol. The van der Waals surface area contributed by atoms with Gasteiger partial charge in [-0.15, -0.1) is 11.3 Å². The molecule has 0 radical (unpaired) electrons. The number of aryl methyl sites for hydroxylation is 1. The van der Waals surface area contributed by atoms with E-state index in [1.54, 1.807) is 17.7 Å². The number of amides is 1. The van der Waals surface area contributed by atoms with Gasteiger partial charge < -0.3 is 5.32 Å². The third kappa shape index (κ3) is 4.68. The largest absolute Gasteiger partial charge is 0.355 e. The fourth-order valence-electron chi connectivity index (χ4n) is 1.96. The normalized spacial score (nSPS) is 11.0. The van der Waals surface area contributed by atoms with Gasteiger partial charge in [0.25, 0.3) is 0 Å². The quantitative estimate of drug-likeness (QED) is 0.458. The molecule has 0 aliphatic carbocycles. The van der Waals surface area contributed by atoms with E-state index in [0.717, 1.165) is 41.0 Å². The number of carbonyl (C=O) groups excluding carboxylic acids is 1. The molecule has 21 heavy (non-hydrogen) atoms. The molecule has 2 aromatic rings. The number of thioether (sulfide) groups is 1. The number of fused-ring (bicyclic) bond motifs is 1. The van der Waals surface area contributed by atoms with Crippen LogP contribution in [0.2, 0.25) is 0 Å². The third-order valence-corrected chi connectivity index (χ3v) is 5.33. The molecule has 0 atom stereocenters. The Kier molecular flexibility index (Phi) is 6.45. The Hall–Kier alpha value is -1.14. The van der Waals surface area contributed by atoms with Crippen molar-refractivity contribution in [3.05, 3.63) is 17.3 Å². The zero-order chi connectivity index (χ0) is 15.1. The molecule has 114 valence electrons. The summed E-state index contributed by atoms with van der Waals surface area (Å²) in [7, 11) is 0. The Morgan fingerprint density at radius 1 is 1.33 bits per heavy atom. The maximum Gasteiger partial charge on any atom is 0.230 e. The summed E-state index contributed by atoms with van der Waals surface area (Å²) in [4.78, 5) is 22.7. The Balaban J connectivity index is 1.91. The molecule has 2 aromatic heterocycles. The van der Waals surface area contributed by atoms with Crippen LogP contribution >= 0.6 is 23.1 Å². The van der Waals surface area contributed by atoms with Gasteiger partial charge >= 0.3 is 0 Å². The Bertz CT molecular complexity index is 598. The summed E-state index contributed by atoms with van der Waals surface area (Å²) in [6.07, 6.45) is 5.97. The first-order valence-corrected chi connectivity index (χ1v) is 9.17. The van der Waals surface area contributed by atoms with Crippen LogP contribution in [0.5, 0.6) is 0 Å². The molecule has 6 heteroatoms. The number of rotatable bonds is 8. The first kappa shape index (κ1) is 16.2. The molecule has 0 bridgehead atoms. The fourth-order valence-corrected chi connectivity index (χ4v) is 3.76. The van der Waals surface area contributed by atoms with Gasteiger partial charge in [0.1, 0.15) is 16.2 Å². The topological polar surface area (TPSA) is 54.9 Å². The molecule has 0 unspecified atom stereocenters. The van der Waals surface area contributed by atoms with Crippen molar-refractivity contribution in [1.82, 2.24) is 15.3 Å². The van der Waals surface area contributed by atoms with Gasteiger partial charge in [0, 0.05) is 16.8 Å². The van der Waals surface area contributed by atoms with E-state index >= 15 is 0 Å². The van der Waals surface area contributed by atoms with Crippen LogP contribution in [0.15, 0.2) is 17.4 Å². The summed E-state index contributed by atoms with van der Waals surface area (Å²) in [5.74, 6) is 0.490. The van der Waals surface area contributed by atoms with E-state index in [4.69, 9.17) is 0 Å². The summed E-state index contributed by atoms with van der Waals surface area (Å²) in [5, 5.41) is 4.93. The predicted octanol–water partition coefficient (Wildman–Crippen LogP) is 3.65. The molecule has 4 nitrogen and oxygen atoms in total. The van der Waals surface area contributed by atoms with Gasteiger partial charge in [0.2, 0.25) is 5.91 Å². The average molecular weight is 323 g/mol. The van der Waals surface area contributed by atoms with Gasteiger partial charge in [0.05, 0.1) is 5.75 Å². The van der Waals surface area contributed by atoms with Crippen LogP contribution in [0.25, 0.3) is 10.2 Å². The van der Waals surface area contributed by atoms with Crippen LogP contribution in [0, 0.1) is 0 Å². The lowest BCUT2D eigenvalue weighted by molar-refractivity contribution is -0.118. The lowest BCUT2D eigenvalue weighted by atomic mass is 10.2. The van der Waals surface area contributed by atoms with E-state index in [9.17, 15) is 4.79 Å². The van der Waals surface area contributed by atoms with Crippen molar-refractivity contribution in [3.63, 3.8) is 0 Å². The minimum atomic E-state index is 0.0776. The number of nitrogens with zero attached hydrogens (tertiary/aromatic N) is 2. The SMILES string of the molecule is CCCCCNC(=O)CSc1ncnc2sc(CC)cc12. The molecule has 0 saturated heterocycles. The van der Waals surface area contributed by atoms with Crippen molar-refractivity contribution in [2.45, 2.75) is 44.6 Å². The van der Waals surface area contributed by atoms with Crippen molar-refractivity contribution >= 4 is 39.2 Å². The molecule has 2 heterocycles. The highest BCUT2D eigenvalue weighted by atomic mass is 32.2. The first-order valence-electron chi connectivity index (χ1n) is 7.37. The van der Waals surface area contributed by atoms with E-state index in [1.165, 1.54) is 23.1 Å². The smallest absolute Gasteiger partial charge is 0.230 e. The Morgan fingerprint density at radius 3 is 2.95 bits per heavy atom. The van der Waals surface area contributed by atoms with Gasteiger partial charge in [0.15, 0.2) is 0 Å². The summed E-state index contributed by atoms with van der Waals surface area (Å²) in [6, 6.07) is 2.14. The molecule has 1 N–H and O–H groups in total. The Morgan fingerprint density at radius 2 is 2.19 bits per heavy atom. The van der Waals surface area contributed by atoms with Gasteiger partial charge in [-0.3, -0.25) is 4.79 Å².